The van der Waals surface area contributed by atoms with Gasteiger partial charge in [0.2, 0.25) is 0 Å². The Hall–Kier alpha value is -2.74. The number of aromatic amines is 2. The van der Waals surface area contributed by atoms with Crippen molar-refractivity contribution in [2.75, 3.05) is 18.4 Å². The maximum atomic E-state index is 14.3. The second kappa shape index (κ2) is 5.47. The molecule has 0 bridgehead atoms. The highest BCUT2D eigenvalue weighted by atomic mass is 19.1. The SMILES string of the molecule is O=c1[nH]nc(-c2cc3cccc(F)c3c(NC3CCNC3)n2)[nH]1. The highest BCUT2D eigenvalue weighted by Crippen LogP contribution is 2.29. The molecule has 0 aliphatic carbocycles. The van der Waals surface area contributed by atoms with Crippen LogP contribution in [0.1, 0.15) is 6.42 Å². The zero-order chi connectivity index (χ0) is 15.8. The molecule has 0 radical (unpaired) electrons. The molecule has 3 aromatic rings. The summed E-state index contributed by atoms with van der Waals surface area (Å²) in [4.78, 5) is 18.3. The standard InChI is InChI=1S/C15H15FN6O/c16-10-3-1-2-8-6-11(13-20-15(23)22-21-13)19-14(12(8)10)18-9-4-5-17-7-9/h1-3,6,9,17H,4-5,7H2,(H,18,19)(H2,20,21,22,23). The zero-order valence-electron chi connectivity index (χ0n) is 12.2. The minimum atomic E-state index is -0.407. The van der Waals surface area contributed by atoms with Gasteiger partial charge in [0.05, 0.1) is 5.39 Å². The van der Waals surface area contributed by atoms with Crippen LogP contribution < -0.4 is 16.3 Å². The van der Waals surface area contributed by atoms with Crippen molar-refractivity contribution in [2.45, 2.75) is 12.5 Å². The van der Waals surface area contributed by atoms with Gasteiger partial charge in [-0.25, -0.2) is 19.3 Å². The normalized spacial score (nSPS) is 17.7. The molecule has 8 heteroatoms. The van der Waals surface area contributed by atoms with Gasteiger partial charge >= 0.3 is 5.69 Å². The molecule has 7 nitrogen and oxygen atoms in total. The summed E-state index contributed by atoms with van der Waals surface area (Å²) in [6, 6.07) is 6.78. The molecule has 1 fully saturated rings. The lowest BCUT2D eigenvalue weighted by atomic mass is 10.1. The van der Waals surface area contributed by atoms with E-state index < -0.39 is 5.69 Å². The molecule has 1 aromatic carbocycles. The molecule has 23 heavy (non-hydrogen) atoms. The molecule has 1 saturated heterocycles. The van der Waals surface area contributed by atoms with E-state index in [4.69, 9.17) is 0 Å². The van der Waals surface area contributed by atoms with Crippen LogP contribution in [-0.2, 0) is 0 Å². The first-order chi connectivity index (χ1) is 11.2. The Morgan fingerprint density at radius 1 is 1.35 bits per heavy atom. The number of hydrogen-bond donors (Lipinski definition) is 4. The van der Waals surface area contributed by atoms with Gasteiger partial charge in [0.15, 0.2) is 5.82 Å². The summed E-state index contributed by atoms with van der Waals surface area (Å²) in [5.74, 6) is 0.465. The number of nitrogens with one attached hydrogen (secondary N) is 4. The highest BCUT2D eigenvalue weighted by molar-refractivity contribution is 5.94. The van der Waals surface area contributed by atoms with E-state index in [1.807, 2.05) is 6.07 Å². The Balaban J connectivity index is 1.87. The number of pyridine rings is 1. The van der Waals surface area contributed by atoms with Crippen molar-refractivity contribution < 1.29 is 4.39 Å². The van der Waals surface area contributed by atoms with Crippen LogP contribution in [0.25, 0.3) is 22.3 Å². The van der Waals surface area contributed by atoms with Gasteiger partial charge in [-0.3, -0.25) is 4.98 Å². The number of fused-ring (bicyclic) bond motifs is 1. The van der Waals surface area contributed by atoms with E-state index in [2.05, 4.69) is 30.8 Å². The van der Waals surface area contributed by atoms with Gasteiger partial charge in [-0.1, -0.05) is 12.1 Å². The maximum absolute atomic E-state index is 14.3. The molecular formula is C15H15FN6O. The largest absolute Gasteiger partial charge is 0.365 e. The van der Waals surface area contributed by atoms with Gasteiger partial charge in [-0.2, -0.15) is 5.10 Å². The van der Waals surface area contributed by atoms with E-state index in [9.17, 15) is 9.18 Å². The number of hydrogen-bond acceptors (Lipinski definition) is 5. The third-order valence-corrected chi connectivity index (χ3v) is 3.95. The zero-order valence-corrected chi connectivity index (χ0v) is 12.2. The fourth-order valence-corrected chi connectivity index (χ4v) is 2.86. The van der Waals surface area contributed by atoms with Crippen LogP contribution in [0.5, 0.6) is 0 Å². The Morgan fingerprint density at radius 2 is 2.26 bits per heavy atom. The fraction of sp³-hybridized carbons (Fsp3) is 0.267. The summed E-state index contributed by atoms with van der Waals surface area (Å²) in [6.45, 7) is 1.73. The Kier molecular flexibility index (Phi) is 3.30. The molecular weight excluding hydrogens is 299 g/mol. The summed E-state index contributed by atoms with van der Waals surface area (Å²) in [5, 5.41) is 13.9. The van der Waals surface area contributed by atoms with Crippen LogP contribution in [0.3, 0.4) is 0 Å². The van der Waals surface area contributed by atoms with E-state index in [-0.39, 0.29) is 11.9 Å². The lowest BCUT2D eigenvalue weighted by Crippen LogP contribution is -2.23. The summed E-state index contributed by atoms with van der Waals surface area (Å²) in [5.41, 5.74) is 0.0746. The first-order valence-corrected chi connectivity index (χ1v) is 7.42. The van der Waals surface area contributed by atoms with Crippen LogP contribution in [-0.4, -0.2) is 39.3 Å². The Labute approximate surface area is 130 Å². The molecule has 1 atom stereocenters. The van der Waals surface area contributed by atoms with Crippen LogP contribution in [0, 0.1) is 5.82 Å². The second-order valence-corrected chi connectivity index (χ2v) is 5.55. The molecule has 0 amide bonds. The summed E-state index contributed by atoms with van der Waals surface area (Å²) in [7, 11) is 0. The quantitative estimate of drug-likeness (QED) is 0.583. The average molecular weight is 314 g/mol. The lowest BCUT2D eigenvalue weighted by Gasteiger charge is -2.15. The molecule has 1 unspecified atom stereocenters. The van der Waals surface area contributed by atoms with Crippen molar-refractivity contribution in [1.82, 2.24) is 25.5 Å². The highest BCUT2D eigenvalue weighted by Gasteiger charge is 2.19. The number of halogens is 1. The number of benzene rings is 1. The molecule has 0 saturated carbocycles. The van der Waals surface area contributed by atoms with E-state index in [1.54, 1.807) is 12.1 Å². The molecule has 1 aliphatic rings. The van der Waals surface area contributed by atoms with Gasteiger partial charge in [0, 0.05) is 12.6 Å². The van der Waals surface area contributed by atoms with Gasteiger partial charge in [0.25, 0.3) is 0 Å². The number of nitrogens with zero attached hydrogens (tertiary/aromatic N) is 2. The van der Waals surface area contributed by atoms with Crippen LogP contribution >= 0.6 is 0 Å². The summed E-state index contributed by atoms with van der Waals surface area (Å²) >= 11 is 0. The average Bonchev–Trinajstić information content (AvgIpc) is 3.19. The topological polar surface area (TPSA) is 98.5 Å². The van der Waals surface area contributed by atoms with Crippen molar-refractivity contribution in [3.63, 3.8) is 0 Å². The monoisotopic (exact) mass is 314 g/mol. The van der Waals surface area contributed by atoms with E-state index in [1.165, 1.54) is 6.07 Å². The first kappa shape index (κ1) is 13.9. The van der Waals surface area contributed by atoms with E-state index >= 15 is 0 Å². The van der Waals surface area contributed by atoms with Crippen molar-refractivity contribution in [3.8, 4) is 11.5 Å². The number of H-pyrrole nitrogens is 2. The van der Waals surface area contributed by atoms with Crippen molar-refractivity contribution in [3.05, 3.63) is 40.6 Å². The van der Waals surface area contributed by atoms with Crippen LogP contribution in [0.4, 0.5) is 10.2 Å². The lowest BCUT2D eigenvalue weighted by molar-refractivity contribution is 0.639. The van der Waals surface area contributed by atoms with Crippen molar-refractivity contribution in [2.24, 2.45) is 0 Å². The number of rotatable bonds is 3. The second-order valence-electron chi connectivity index (χ2n) is 5.55. The molecule has 3 heterocycles. The predicted molar refractivity (Wildman–Crippen MR) is 84.8 cm³/mol. The smallest absolute Gasteiger partial charge is 0.340 e. The molecule has 4 rings (SSSR count). The van der Waals surface area contributed by atoms with Crippen LogP contribution in [0.2, 0.25) is 0 Å². The Morgan fingerprint density at radius 3 is 3.00 bits per heavy atom. The molecule has 4 N–H and O–H groups in total. The van der Waals surface area contributed by atoms with Gasteiger partial charge < -0.3 is 10.6 Å². The van der Waals surface area contributed by atoms with Crippen molar-refractivity contribution >= 4 is 16.6 Å². The van der Waals surface area contributed by atoms with Gasteiger partial charge in [-0.15, -0.1) is 0 Å². The van der Waals surface area contributed by atoms with Gasteiger partial charge in [0.1, 0.15) is 17.3 Å². The Bertz CT molecular complexity index is 912. The third kappa shape index (κ3) is 2.57. The third-order valence-electron chi connectivity index (χ3n) is 3.95. The maximum Gasteiger partial charge on any atom is 0.340 e. The molecule has 2 aromatic heterocycles. The minimum absolute atomic E-state index is 0.193. The van der Waals surface area contributed by atoms with Crippen LogP contribution in [0.15, 0.2) is 29.1 Å². The first-order valence-electron chi connectivity index (χ1n) is 7.42. The molecule has 0 spiro atoms. The molecule has 1 aliphatic heterocycles. The summed E-state index contributed by atoms with van der Waals surface area (Å²) in [6.07, 6.45) is 0.946. The fourth-order valence-electron chi connectivity index (χ4n) is 2.86. The predicted octanol–water partition coefficient (Wildman–Crippen LogP) is 1.23. The minimum Gasteiger partial charge on any atom is -0.365 e. The van der Waals surface area contributed by atoms with Gasteiger partial charge in [-0.05, 0) is 30.5 Å². The van der Waals surface area contributed by atoms with E-state index in [0.29, 0.717) is 28.1 Å². The van der Waals surface area contributed by atoms with Crippen molar-refractivity contribution in [1.29, 1.82) is 0 Å². The van der Waals surface area contributed by atoms with E-state index in [0.717, 1.165) is 19.5 Å². The number of aromatic nitrogens is 4. The number of anilines is 1. The summed E-state index contributed by atoms with van der Waals surface area (Å²) < 4.78 is 14.3. The molecule has 118 valence electrons.